The summed E-state index contributed by atoms with van der Waals surface area (Å²) in [5.41, 5.74) is 5.25. The van der Waals surface area contributed by atoms with Crippen LogP contribution in [0.3, 0.4) is 0 Å². The van der Waals surface area contributed by atoms with E-state index in [1.807, 2.05) is 0 Å². The second-order valence-electron chi connectivity index (χ2n) is 2.42. The van der Waals surface area contributed by atoms with Gasteiger partial charge in [-0.25, -0.2) is 8.78 Å². The normalized spacial score (nSPS) is 10.8. The molecule has 1 aromatic heterocycles. The number of anilines is 1. The van der Waals surface area contributed by atoms with Gasteiger partial charge in [-0.1, -0.05) is 0 Å². The molecule has 2 aromatic rings. The number of nitrogens with two attached hydrogens (primary N) is 1. The molecule has 0 aliphatic rings. The van der Waals surface area contributed by atoms with Crippen LogP contribution in [-0.2, 0) is 0 Å². The highest BCUT2D eigenvalue weighted by Gasteiger charge is 2.10. The van der Waals surface area contributed by atoms with Crippen molar-refractivity contribution in [3.8, 4) is 0 Å². The lowest BCUT2D eigenvalue weighted by molar-refractivity contribution is 0.514. The van der Waals surface area contributed by atoms with Crippen LogP contribution in [0.2, 0.25) is 0 Å². The molecular formula is C8H5F2NS. The van der Waals surface area contributed by atoms with E-state index >= 15 is 0 Å². The molecule has 0 saturated heterocycles. The predicted octanol–water partition coefficient (Wildman–Crippen LogP) is 2.76. The van der Waals surface area contributed by atoms with Crippen LogP contribution in [0.25, 0.3) is 10.1 Å². The van der Waals surface area contributed by atoms with Crippen LogP contribution in [-0.4, -0.2) is 0 Å². The summed E-state index contributed by atoms with van der Waals surface area (Å²) in [5, 5.41) is 2.33. The molecule has 1 nitrogen and oxygen atoms in total. The minimum atomic E-state index is -0.958. The van der Waals surface area contributed by atoms with E-state index in [9.17, 15) is 8.78 Å². The lowest BCUT2D eigenvalue weighted by Gasteiger charge is -1.98. The number of benzene rings is 1. The van der Waals surface area contributed by atoms with Gasteiger partial charge in [0.1, 0.15) is 0 Å². The van der Waals surface area contributed by atoms with Gasteiger partial charge in [0.15, 0.2) is 11.6 Å². The van der Waals surface area contributed by atoms with Gasteiger partial charge in [-0.3, -0.25) is 0 Å². The Morgan fingerprint density at radius 2 is 2.08 bits per heavy atom. The maximum absolute atomic E-state index is 12.8. The topological polar surface area (TPSA) is 26.0 Å². The zero-order chi connectivity index (χ0) is 8.72. The van der Waals surface area contributed by atoms with Crippen LogP contribution >= 0.6 is 11.3 Å². The smallest absolute Gasteiger partial charge is 0.182 e. The van der Waals surface area contributed by atoms with E-state index in [4.69, 9.17) is 5.73 Å². The Labute approximate surface area is 71.4 Å². The highest BCUT2D eigenvalue weighted by Crippen LogP contribution is 2.29. The van der Waals surface area contributed by atoms with Crippen LogP contribution in [0.4, 0.5) is 14.5 Å². The van der Waals surface area contributed by atoms with E-state index in [1.165, 1.54) is 11.3 Å². The second-order valence-corrected chi connectivity index (χ2v) is 3.37. The summed E-state index contributed by atoms with van der Waals surface area (Å²) < 4.78 is 26.3. The SMILES string of the molecule is Nc1c(F)c(F)cc2sccc12. The van der Waals surface area contributed by atoms with Crippen molar-refractivity contribution >= 4 is 27.1 Å². The molecule has 1 heterocycles. The number of thiophene rings is 1. The molecule has 0 atom stereocenters. The molecule has 2 N–H and O–H groups in total. The molecule has 0 radical (unpaired) electrons. The number of hydrogen-bond acceptors (Lipinski definition) is 2. The van der Waals surface area contributed by atoms with Gasteiger partial charge in [-0.05, 0) is 17.5 Å². The van der Waals surface area contributed by atoms with Gasteiger partial charge in [-0.2, -0.15) is 0 Å². The zero-order valence-corrected chi connectivity index (χ0v) is 6.79. The van der Waals surface area contributed by atoms with Crippen molar-refractivity contribution in [2.45, 2.75) is 0 Å². The molecule has 0 bridgehead atoms. The fraction of sp³-hybridized carbons (Fsp3) is 0. The van der Waals surface area contributed by atoms with E-state index in [2.05, 4.69) is 0 Å². The predicted molar refractivity (Wildman–Crippen MR) is 46.2 cm³/mol. The van der Waals surface area contributed by atoms with Gasteiger partial charge in [0.05, 0.1) is 5.69 Å². The standard InChI is InChI=1S/C8H5F2NS/c9-5-3-6-4(1-2-12-6)8(11)7(5)10/h1-3H,11H2. The van der Waals surface area contributed by atoms with Crippen LogP contribution in [0.1, 0.15) is 0 Å². The molecule has 0 aliphatic heterocycles. The van der Waals surface area contributed by atoms with Gasteiger partial charge in [0.25, 0.3) is 0 Å². The molecular weight excluding hydrogens is 180 g/mol. The molecule has 0 saturated carbocycles. The second kappa shape index (κ2) is 2.42. The Morgan fingerprint density at radius 3 is 2.83 bits per heavy atom. The summed E-state index contributed by atoms with van der Waals surface area (Å²) in [6.07, 6.45) is 0. The van der Waals surface area contributed by atoms with Crippen LogP contribution < -0.4 is 5.73 Å². The quantitative estimate of drug-likeness (QED) is 0.627. The minimum absolute atomic E-state index is 0.105. The molecule has 1 aromatic carbocycles. The zero-order valence-electron chi connectivity index (χ0n) is 5.97. The van der Waals surface area contributed by atoms with Crippen molar-refractivity contribution in [2.24, 2.45) is 0 Å². The minimum Gasteiger partial charge on any atom is -0.396 e. The van der Waals surface area contributed by atoms with Gasteiger partial charge in [0, 0.05) is 10.1 Å². The summed E-state index contributed by atoms with van der Waals surface area (Å²) in [5.74, 6) is -1.84. The first-order chi connectivity index (χ1) is 5.70. The summed E-state index contributed by atoms with van der Waals surface area (Å²) in [6.45, 7) is 0. The lowest BCUT2D eigenvalue weighted by Crippen LogP contribution is -1.93. The van der Waals surface area contributed by atoms with E-state index in [1.54, 1.807) is 11.4 Å². The summed E-state index contributed by atoms with van der Waals surface area (Å²) >= 11 is 1.34. The average Bonchev–Trinajstić information content (AvgIpc) is 2.48. The Balaban J connectivity index is 2.94. The monoisotopic (exact) mass is 185 g/mol. The maximum atomic E-state index is 12.8. The highest BCUT2D eigenvalue weighted by atomic mass is 32.1. The van der Waals surface area contributed by atoms with Crippen LogP contribution in [0, 0.1) is 11.6 Å². The van der Waals surface area contributed by atoms with Crippen molar-refractivity contribution < 1.29 is 8.78 Å². The van der Waals surface area contributed by atoms with Gasteiger partial charge in [-0.15, -0.1) is 11.3 Å². The number of fused-ring (bicyclic) bond motifs is 1. The van der Waals surface area contributed by atoms with Gasteiger partial charge in [0.2, 0.25) is 0 Å². The molecule has 0 amide bonds. The van der Waals surface area contributed by atoms with Gasteiger partial charge >= 0.3 is 0 Å². The summed E-state index contributed by atoms with van der Waals surface area (Å²) in [4.78, 5) is 0. The summed E-state index contributed by atoms with van der Waals surface area (Å²) in [7, 11) is 0. The molecule has 12 heavy (non-hydrogen) atoms. The number of nitrogen functional groups attached to an aromatic ring is 1. The van der Waals surface area contributed by atoms with E-state index < -0.39 is 11.6 Å². The molecule has 0 fully saturated rings. The van der Waals surface area contributed by atoms with Crippen molar-refractivity contribution in [2.75, 3.05) is 5.73 Å². The van der Waals surface area contributed by atoms with Crippen molar-refractivity contribution in [3.05, 3.63) is 29.1 Å². The molecule has 4 heteroatoms. The first kappa shape index (κ1) is 7.49. The van der Waals surface area contributed by atoms with E-state index in [0.717, 1.165) is 6.07 Å². The van der Waals surface area contributed by atoms with Crippen molar-refractivity contribution in [3.63, 3.8) is 0 Å². The first-order valence-electron chi connectivity index (χ1n) is 3.31. The number of hydrogen-bond donors (Lipinski definition) is 1. The third-order valence-corrected chi connectivity index (χ3v) is 2.55. The Bertz CT molecular complexity index is 436. The number of rotatable bonds is 0. The molecule has 62 valence electrons. The lowest BCUT2D eigenvalue weighted by atomic mass is 10.2. The van der Waals surface area contributed by atoms with Crippen LogP contribution in [0.5, 0.6) is 0 Å². The molecule has 0 spiro atoms. The Kier molecular flexibility index (Phi) is 1.51. The van der Waals surface area contributed by atoms with Crippen molar-refractivity contribution in [1.82, 2.24) is 0 Å². The summed E-state index contributed by atoms with van der Waals surface area (Å²) in [6, 6.07) is 2.84. The van der Waals surface area contributed by atoms with E-state index in [-0.39, 0.29) is 5.69 Å². The Morgan fingerprint density at radius 1 is 1.33 bits per heavy atom. The van der Waals surface area contributed by atoms with Crippen LogP contribution in [0.15, 0.2) is 17.5 Å². The average molecular weight is 185 g/mol. The maximum Gasteiger partial charge on any atom is 0.182 e. The first-order valence-corrected chi connectivity index (χ1v) is 4.19. The molecule has 0 unspecified atom stereocenters. The highest BCUT2D eigenvalue weighted by molar-refractivity contribution is 7.17. The molecule has 2 rings (SSSR count). The molecule has 0 aliphatic carbocycles. The fourth-order valence-electron chi connectivity index (χ4n) is 1.08. The Hall–Kier alpha value is -1.16. The van der Waals surface area contributed by atoms with Crippen molar-refractivity contribution in [1.29, 1.82) is 0 Å². The third kappa shape index (κ3) is 0.881. The van der Waals surface area contributed by atoms with E-state index in [0.29, 0.717) is 10.1 Å². The third-order valence-electron chi connectivity index (χ3n) is 1.69. The van der Waals surface area contributed by atoms with Gasteiger partial charge < -0.3 is 5.73 Å². The fourth-order valence-corrected chi connectivity index (χ4v) is 1.91. The largest absolute Gasteiger partial charge is 0.396 e. The number of halogens is 2.